The Morgan fingerprint density at radius 3 is 2.91 bits per heavy atom. The SMILES string of the molecule is Cc1ccnc(OC[C@@H]2CCCN(C(=O)OC(C)(C)C)C2)n1. The average molecular weight is 307 g/mol. The van der Waals surface area contributed by atoms with E-state index >= 15 is 0 Å². The smallest absolute Gasteiger partial charge is 0.410 e. The fraction of sp³-hybridized carbons (Fsp3) is 0.688. The van der Waals surface area contributed by atoms with E-state index < -0.39 is 5.60 Å². The largest absolute Gasteiger partial charge is 0.463 e. The molecule has 1 aliphatic heterocycles. The Kier molecular flexibility index (Phi) is 5.21. The summed E-state index contributed by atoms with van der Waals surface area (Å²) >= 11 is 0. The molecule has 0 aromatic carbocycles. The van der Waals surface area contributed by atoms with Gasteiger partial charge in [0.05, 0.1) is 6.61 Å². The van der Waals surface area contributed by atoms with E-state index in [0.29, 0.717) is 19.2 Å². The molecule has 122 valence electrons. The molecular formula is C16H25N3O3. The standard InChI is InChI=1S/C16H25N3O3/c1-12-7-8-17-14(18-12)21-11-13-6-5-9-19(10-13)15(20)22-16(2,3)4/h7-8,13H,5-6,9-11H2,1-4H3/t13-/m1/s1. The molecule has 1 saturated heterocycles. The number of rotatable bonds is 3. The van der Waals surface area contributed by atoms with E-state index in [9.17, 15) is 4.79 Å². The summed E-state index contributed by atoms with van der Waals surface area (Å²) in [5, 5.41) is 0. The Bertz CT molecular complexity index is 514. The Labute approximate surface area is 131 Å². The molecule has 1 atom stereocenters. The first-order valence-electron chi connectivity index (χ1n) is 7.74. The van der Waals surface area contributed by atoms with Crippen LogP contribution in [0.15, 0.2) is 12.3 Å². The number of piperidine rings is 1. The van der Waals surface area contributed by atoms with Crippen LogP contribution in [-0.4, -0.2) is 46.3 Å². The summed E-state index contributed by atoms with van der Waals surface area (Å²) in [6.07, 6.45) is 3.43. The minimum absolute atomic E-state index is 0.246. The first kappa shape index (κ1) is 16.5. The Morgan fingerprint density at radius 2 is 2.23 bits per heavy atom. The molecule has 22 heavy (non-hydrogen) atoms. The second kappa shape index (κ2) is 6.94. The van der Waals surface area contributed by atoms with Gasteiger partial charge < -0.3 is 14.4 Å². The minimum Gasteiger partial charge on any atom is -0.463 e. The molecule has 1 aliphatic rings. The number of amides is 1. The molecule has 1 amide bonds. The summed E-state index contributed by atoms with van der Waals surface area (Å²) in [5.74, 6) is 0.283. The van der Waals surface area contributed by atoms with Gasteiger partial charge in [-0.15, -0.1) is 0 Å². The summed E-state index contributed by atoms with van der Waals surface area (Å²) in [6, 6.07) is 2.23. The monoisotopic (exact) mass is 307 g/mol. The zero-order valence-electron chi connectivity index (χ0n) is 13.8. The summed E-state index contributed by atoms with van der Waals surface area (Å²) in [6.45, 7) is 9.45. The predicted molar refractivity (Wildman–Crippen MR) is 82.8 cm³/mol. The van der Waals surface area contributed by atoms with Crippen LogP contribution in [0, 0.1) is 12.8 Å². The van der Waals surface area contributed by atoms with Crippen molar-refractivity contribution in [1.82, 2.24) is 14.9 Å². The van der Waals surface area contributed by atoms with E-state index in [2.05, 4.69) is 9.97 Å². The molecule has 0 saturated carbocycles. The minimum atomic E-state index is -0.462. The fourth-order valence-electron chi connectivity index (χ4n) is 2.38. The van der Waals surface area contributed by atoms with Crippen molar-refractivity contribution >= 4 is 6.09 Å². The number of aryl methyl sites for hydroxylation is 1. The van der Waals surface area contributed by atoms with Crippen molar-refractivity contribution in [2.75, 3.05) is 19.7 Å². The fourth-order valence-corrected chi connectivity index (χ4v) is 2.38. The van der Waals surface area contributed by atoms with E-state index in [1.165, 1.54) is 0 Å². The molecule has 0 spiro atoms. The van der Waals surface area contributed by atoms with Crippen LogP contribution in [0.25, 0.3) is 0 Å². The van der Waals surface area contributed by atoms with Gasteiger partial charge in [0.1, 0.15) is 5.60 Å². The lowest BCUT2D eigenvalue weighted by Gasteiger charge is -2.33. The van der Waals surface area contributed by atoms with Gasteiger partial charge in [0.15, 0.2) is 0 Å². The number of hydrogen-bond donors (Lipinski definition) is 0. The van der Waals surface area contributed by atoms with Crippen molar-refractivity contribution in [3.8, 4) is 6.01 Å². The first-order chi connectivity index (χ1) is 10.3. The highest BCUT2D eigenvalue weighted by Crippen LogP contribution is 2.20. The molecule has 1 aromatic rings. The molecule has 6 heteroatoms. The zero-order valence-corrected chi connectivity index (χ0v) is 13.8. The molecule has 1 aromatic heterocycles. The second-order valence-electron chi connectivity index (χ2n) is 6.73. The van der Waals surface area contributed by atoms with Gasteiger partial charge in [-0.3, -0.25) is 0 Å². The van der Waals surface area contributed by atoms with Crippen LogP contribution < -0.4 is 4.74 Å². The lowest BCUT2D eigenvalue weighted by molar-refractivity contribution is 0.0137. The van der Waals surface area contributed by atoms with Gasteiger partial charge in [-0.25, -0.2) is 14.8 Å². The zero-order chi connectivity index (χ0) is 16.2. The molecule has 0 N–H and O–H groups in total. The topological polar surface area (TPSA) is 64.5 Å². The summed E-state index contributed by atoms with van der Waals surface area (Å²) in [7, 11) is 0. The molecular weight excluding hydrogens is 282 g/mol. The van der Waals surface area contributed by atoms with Gasteiger partial charge in [-0.05, 0) is 46.6 Å². The van der Waals surface area contributed by atoms with Crippen molar-refractivity contribution < 1.29 is 14.3 Å². The molecule has 2 heterocycles. The van der Waals surface area contributed by atoms with E-state index in [1.54, 1.807) is 11.1 Å². The average Bonchev–Trinajstić information content (AvgIpc) is 2.44. The van der Waals surface area contributed by atoms with Gasteiger partial charge in [0, 0.05) is 30.9 Å². The third kappa shape index (κ3) is 5.16. The molecule has 2 rings (SSSR count). The second-order valence-corrected chi connectivity index (χ2v) is 6.73. The van der Waals surface area contributed by atoms with Crippen LogP contribution in [0.5, 0.6) is 6.01 Å². The highest BCUT2D eigenvalue weighted by Gasteiger charge is 2.28. The van der Waals surface area contributed by atoms with Crippen molar-refractivity contribution in [3.05, 3.63) is 18.0 Å². The van der Waals surface area contributed by atoms with Crippen molar-refractivity contribution in [2.45, 2.75) is 46.1 Å². The normalized spacial score (nSPS) is 18.9. The maximum Gasteiger partial charge on any atom is 0.410 e. The number of nitrogens with zero attached hydrogens (tertiary/aromatic N) is 3. The number of carbonyl (C=O) groups is 1. The molecule has 0 unspecified atom stereocenters. The number of ether oxygens (including phenoxy) is 2. The van der Waals surface area contributed by atoms with E-state index in [0.717, 1.165) is 25.1 Å². The third-order valence-corrected chi connectivity index (χ3v) is 3.39. The van der Waals surface area contributed by atoms with Crippen LogP contribution in [-0.2, 0) is 4.74 Å². The van der Waals surface area contributed by atoms with E-state index in [4.69, 9.17) is 9.47 Å². The van der Waals surface area contributed by atoms with Crippen LogP contribution >= 0.6 is 0 Å². The van der Waals surface area contributed by atoms with Crippen LogP contribution in [0.3, 0.4) is 0 Å². The quantitative estimate of drug-likeness (QED) is 0.859. The van der Waals surface area contributed by atoms with Crippen LogP contribution in [0.4, 0.5) is 4.79 Å². The van der Waals surface area contributed by atoms with Gasteiger partial charge in [0.25, 0.3) is 0 Å². The maximum atomic E-state index is 12.1. The van der Waals surface area contributed by atoms with Crippen LogP contribution in [0.1, 0.15) is 39.3 Å². The number of carbonyl (C=O) groups excluding carboxylic acids is 1. The van der Waals surface area contributed by atoms with Crippen LogP contribution in [0.2, 0.25) is 0 Å². The van der Waals surface area contributed by atoms with E-state index in [-0.39, 0.29) is 12.0 Å². The molecule has 1 fully saturated rings. The molecule has 6 nitrogen and oxygen atoms in total. The summed E-state index contributed by atoms with van der Waals surface area (Å²) < 4.78 is 11.1. The van der Waals surface area contributed by atoms with Gasteiger partial charge in [-0.1, -0.05) is 0 Å². The van der Waals surface area contributed by atoms with E-state index in [1.807, 2.05) is 33.8 Å². The molecule has 0 radical (unpaired) electrons. The summed E-state index contributed by atoms with van der Waals surface area (Å²) in [5.41, 5.74) is 0.416. The Morgan fingerprint density at radius 1 is 1.45 bits per heavy atom. The highest BCUT2D eigenvalue weighted by atomic mass is 16.6. The van der Waals surface area contributed by atoms with Crippen molar-refractivity contribution in [1.29, 1.82) is 0 Å². The number of aromatic nitrogens is 2. The first-order valence-corrected chi connectivity index (χ1v) is 7.74. The summed E-state index contributed by atoms with van der Waals surface area (Å²) in [4.78, 5) is 22.2. The predicted octanol–water partition coefficient (Wildman–Crippen LogP) is 2.81. The number of hydrogen-bond acceptors (Lipinski definition) is 5. The maximum absolute atomic E-state index is 12.1. The lowest BCUT2D eigenvalue weighted by atomic mass is 9.99. The van der Waals surface area contributed by atoms with Gasteiger partial charge in [-0.2, -0.15) is 0 Å². The third-order valence-electron chi connectivity index (χ3n) is 3.39. The Hall–Kier alpha value is -1.85. The molecule has 0 bridgehead atoms. The van der Waals surface area contributed by atoms with Gasteiger partial charge in [0.2, 0.25) is 0 Å². The molecule has 0 aliphatic carbocycles. The van der Waals surface area contributed by atoms with Gasteiger partial charge >= 0.3 is 12.1 Å². The Balaban J connectivity index is 1.84. The van der Waals surface area contributed by atoms with Crippen molar-refractivity contribution in [3.63, 3.8) is 0 Å². The highest BCUT2D eigenvalue weighted by molar-refractivity contribution is 5.68. The van der Waals surface area contributed by atoms with Crippen molar-refractivity contribution in [2.24, 2.45) is 5.92 Å². The number of likely N-dealkylation sites (tertiary alicyclic amines) is 1. The lowest BCUT2D eigenvalue weighted by Crippen LogP contribution is -2.44.